The first-order valence-corrected chi connectivity index (χ1v) is 12.2. The monoisotopic (exact) mass is 485 g/mol. The quantitative estimate of drug-likeness (QED) is 0.449. The van der Waals surface area contributed by atoms with Crippen LogP contribution in [0.5, 0.6) is 0 Å². The maximum atomic E-state index is 13.5. The van der Waals surface area contributed by atoms with E-state index >= 15 is 0 Å². The Hall–Kier alpha value is -3.50. The number of anilines is 2. The number of carbonyl (C=O) groups excluding carboxylic acids is 1. The van der Waals surface area contributed by atoms with Crippen molar-refractivity contribution in [1.29, 1.82) is 0 Å². The number of carbonyl (C=O) groups is 1. The van der Waals surface area contributed by atoms with E-state index in [9.17, 15) is 22.4 Å². The normalized spacial score (nSPS) is 11.5. The van der Waals surface area contributed by atoms with Crippen molar-refractivity contribution < 1.29 is 17.6 Å². The van der Waals surface area contributed by atoms with Gasteiger partial charge in [-0.3, -0.25) is 13.9 Å². The number of sulfonamides is 1. The van der Waals surface area contributed by atoms with Gasteiger partial charge in [-0.25, -0.2) is 12.8 Å². The number of aromatic nitrogens is 1. The molecule has 0 fully saturated rings. The smallest absolute Gasteiger partial charge is 0.307 e. The largest absolute Gasteiger partial charge is 0.324 e. The van der Waals surface area contributed by atoms with E-state index < -0.39 is 28.3 Å². The van der Waals surface area contributed by atoms with Gasteiger partial charge < -0.3 is 9.88 Å². The lowest BCUT2D eigenvalue weighted by atomic mass is 10.2. The van der Waals surface area contributed by atoms with Gasteiger partial charge in [-0.05, 0) is 61.5 Å². The highest BCUT2D eigenvalue weighted by Crippen LogP contribution is 2.25. The third kappa shape index (κ3) is 4.67. The Morgan fingerprint density at radius 3 is 2.39 bits per heavy atom. The summed E-state index contributed by atoms with van der Waals surface area (Å²) in [4.78, 5) is 24.6. The molecule has 0 saturated carbocycles. The Bertz CT molecular complexity index is 1490. The number of nitrogens with zero attached hydrogens (tertiary/aromatic N) is 2. The molecule has 1 aromatic heterocycles. The second-order valence-electron chi connectivity index (χ2n) is 7.46. The summed E-state index contributed by atoms with van der Waals surface area (Å²) in [5, 5.41) is 2.68. The summed E-state index contributed by atoms with van der Waals surface area (Å²) >= 11 is 1.05. The van der Waals surface area contributed by atoms with Crippen LogP contribution in [0.2, 0.25) is 0 Å². The molecule has 1 N–H and O–H groups in total. The van der Waals surface area contributed by atoms with Crippen LogP contribution in [0.15, 0.2) is 76.4 Å². The minimum Gasteiger partial charge on any atom is -0.324 e. The lowest BCUT2D eigenvalue weighted by Gasteiger charge is -2.24. The number of nitrogens with one attached hydrogen (secondary N) is 1. The second-order valence-corrected chi connectivity index (χ2v) is 10.3. The van der Waals surface area contributed by atoms with Crippen molar-refractivity contribution in [2.24, 2.45) is 7.05 Å². The molecular weight excluding hydrogens is 465 g/mol. The number of rotatable bonds is 6. The standard InChI is InChI=1S/C23H20FN3O4S2/c1-15-3-10-19(11-4-15)33(30,31)27(18-8-5-16(24)6-9-18)14-22(28)25-17-7-12-20-21(13-17)32-23(29)26(20)2/h3-13H,14H2,1-2H3,(H,25,28). The zero-order chi connectivity index (χ0) is 23.8. The summed E-state index contributed by atoms with van der Waals surface area (Å²) in [5.74, 6) is -1.11. The van der Waals surface area contributed by atoms with E-state index in [2.05, 4.69) is 5.32 Å². The van der Waals surface area contributed by atoms with Crippen LogP contribution >= 0.6 is 11.3 Å². The minimum atomic E-state index is -4.10. The molecule has 1 heterocycles. The molecule has 4 aromatic rings. The average molecular weight is 486 g/mol. The summed E-state index contributed by atoms with van der Waals surface area (Å²) in [6, 6.07) is 16.2. The molecule has 0 aliphatic heterocycles. The third-order valence-corrected chi connectivity index (χ3v) is 7.87. The Kier molecular flexibility index (Phi) is 6.05. The number of fused-ring (bicyclic) bond motifs is 1. The van der Waals surface area contributed by atoms with Crippen LogP contribution in [0.4, 0.5) is 15.8 Å². The molecule has 0 radical (unpaired) electrons. The predicted molar refractivity (Wildman–Crippen MR) is 128 cm³/mol. The van der Waals surface area contributed by atoms with Crippen molar-refractivity contribution in [3.05, 3.63) is 87.8 Å². The highest BCUT2D eigenvalue weighted by molar-refractivity contribution is 7.92. The molecule has 10 heteroatoms. The maximum absolute atomic E-state index is 13.5. The third-order valence-electron chi connectivity index (χ3n) is 5.09. The molecule has 33 heavy (non-hydrogen) atoms. The first-order chi connectivity index (χ1) is 15.6. The molecule has 1 amide bonds. The van der Waals surface area contributed by atoms with Gasteiger partial charge in [-0.2, -0.15) is 0 Å². The number of amides is 1. The van der Waals surface area contributed by atoms with Crippen LogP contribution in [-0.4, -0.2) is 25.4 Å². The van der Waals surface area contributed by atoms with Crippen molar-refractivity contribution in [2.75, 3.05) is 16.2 Å². The Labute approximate surface area is 193 Å². The van der Waals surface area contributed by atoms with Gasteiger partial charge in [0.25, 0.3) is 10.0 Å². The fraction of sp³-hybridized carbons (Fsp3) is 0.130. The van der Waals surface area contributed by atoms with Crippen molar-refractivity contribution in [2.45, 2.75) is 11.8 Å². The first-order valence-electron chi connectivity index (χ1n) is 9.89. The Morgan fingerprint density at radius 1 is 1.06 bits per heavy atom. The SMILES string of the molecule is Cc1ccc(S(=O)(=O)N(CC(=O)Nc2ccc3c(c2)sc(=O)n3C)c2ccc(F)cc2)cc1. The molecule has 0 bridgehead atoms. The van der Waals surface area contributed by atoms with Crippen LogP contribution in [0.1, 0.15) is 5.56 Å². The van der Waals surface area contributed by atoms with Crippen LogP contribution < -0.4 is 14.5 Å². The number of hydrogen-bond acceptors (Lipinski definition) is 5. The van der Waals surface area contributed by atoms with Gasteiger partial charge in [0.05, 0.1) is 20.8 Å². The van der Waals surface area contributed by atoms with Crippen LogP contribution in [0.3, 0.4) is 0 Å². The molecule has 3 aromatic carbocycles. The summed E-state index contributed by atoms with van der Waals surface area (Å²) in [6.45, 7) is 1.31. The van der Waals surface area contributed by atoms with Gasteiger partial charge in [0.15, 0.2) is 0 Å². The number of hydrogen-bond donors (Lipinski definition) is 1. The van der Waals surface area contributed by atoms with Gasteiger partial charge in [0, 0.05) is 12.7 Å². The van der Waals surface area contributed by atoms with Gasteiger partial charge in [-0.15, -0.1) is 0 Å². The maximum Gasteiger partial charge on any atom is 0.307 e. The first kappa shape index (κ1) is 22.7. The lowest BCUT2D eigenvalue weighted by Crippen LogP contribution is -2.38. The fourth-order valence-electron chi connectivity index (χ4n) is 3.30. The summed E-state index contributed by atoms with van der Waals surface area (Å²) in [5.41, 5.74) is 2.21. The predicted octanol–water partition coefficient (Wildman–Crippen LogP) is 3.88. The van der Waals surface area contributed by atoms with Crippen molar-refractivity contribution in [3.63, 3.8) is 0 Å². The van der Waals surface area contributed by atoms with E-state index in [1.165, 1.54) is 28.8 Å². The number of thiazole rings is 1. The van der Waals surface area contributed by atoms with Crippen molar-refractivity contribution in [1.82, 2.24) is 4.57 Å². The Balaban J connectivity index is 1.64. The lowest BCUT2D eigenvalue weighted by molar-refractivity contribution is -0.114. The number of halogens is 1. The highest BCUT2D eigenvalue weighted by atomic mass is 32.2. The van der Waals surface area contributed by atoms with Gasteiger partial charge >= 0.3 is 4.87 Å². The fourth-order valence-corrected chi connectivity index (χ4v) is 5.64. The Morgan fingerprint density at radius 2 is 1.73 bits per heavy atom. The van der Waals surface area contributed by atoms with Crippen LogP contribution in [0.25, 0.3) is 10.2 Å². The molecule has 0 aliphatic rings. The molecule has 7 nitrogen and oxygen atoms in total. The zero-order valence-corrected chi connectivity index (χ0v) is 19.4. The van der Waals surface area contributed by atoms with Gasteiger partial charge in [0.1, 0.15) is 12.4 Å². The summed E-state index contributed by atoms with van der Waals surface area (Å²) in [6.07, 6.45) is 0. The molecule has 0 saturated heterocycles. The van der Waals surface area contributed by atoms with E-state index in [4.69, 9.17) is 0 Å². The second kappa shape index (κ2) is 8.80. The minimum absolute atomic E-state index is 0.0145. The van der Waals surface area contributed by atoms with E-state index in [0.717, 1.165) is 38.9 Å². The van der Waals surface area contributed by atoms with E-state index in [-0.39, 0.29) is 15.5 Å². The number of benzene rings is 3. The topological polar surface area (TPSA) is 88.5 Å². The zero-order valence-electron chi connectivity index (χ0n) is 17.8. The molecule has 4 rings (SSSR count). The molecule has 170 valence electrons. The van der Waals surface area contributed by atoms with Crippen LogP contribution in [-0.2, 0) is 21.9 Å². The molecule has 0 unspecified atom stereocenters. The number of aryl methyl sites for hydroxylation is 2. The highest BCUT2D eigenvalue weighted by Gasteiger charge is 2.27. The molecule has 0 aliphatic carbocycles. The van der Waals surface area contributed by atoms with E-state index in [1.807, 2.05) is 6.92 Å². The van der Waals surface area contributed by atoms with Crippen molar-refractivity contribution >= 4 is 48.9 Å². The van der Waals surface area contributed by atoms with Gasteiger partial charge in [0.2, 0.25) is 5.91 Å². The van der Waals surface area contributed by atoms with Gasteiger partial charge in [-0.1, -0.05) is 29.0 Å². The average Bonchev–Trinajstić information content (AvgIpc) is 3.06. The summed E-state index contributed by atoms with van der Waals surface area (Å²) in [7, 11) is -2.44. The summed E-state index contributed by atoms with van der Waals surface area (Å²) < 4.78 is 43.3. The molecule has 0 spiro atoms. The van der Waals surface area contributed by atoms with E-state index in [1.54, 1.807) is 37.4 Å². The van der Waals surface area contributed by atoms with Crippen LogP contribution in [0, 0.1) is 12.7 Å². The van der Waals surface area contributed by atoms with Crippen molar-refractivity contribution in [3.8, 4) is 0 Å². The van der Waals surface area contributed by atoms with E-state index in [0.29, 0.717) is 10.4 Å². The molecular formula is C23H20FN3O4S2. The molecule has 0 atom stereocenters.